The lowest BCUT2D eigenvalue weighted by Crippen LogP contribution is -2.58. The standard InChI is InChI=1S/C40H51F2N5O9S/c1-23-31-30(26-18-25(54-6)14-15-27(26)43-23)40(41,42)21-38(55-31)20-29-32(48)45-39(34(50)46-57(52,53)37(5)16-17-37)19-24(39)12-10-8-7-9-11-13-28(33(49)47(29)22-38)44-35(51)56-36(2,3)4/h10,12,14-15,18,24,28-29H,7-9,11,13,16-17,19-22H2,1-6H3,(H,44,51)(H,45,48)(H,46,50)/b12-10-/t24-,28+,29+,38+,39-/m1/s1. The molecule has 1 spiro atoms. The lowest BCUT2D eigenvalue weighted by atomic mass is 9.84. The number of sulfonamides is 1. The molecule has 4 heterocycles. The zero-order valence-electron chi connectivity index (χ0n) is 33.1. The van der Waals surface area contributed by atoms with Crippen molar-refractivity contribution in [1.82, 2.24) is 25.2 Å². The summed E-state index contributed by atoms with van der Waals surface area (Å²) < 4.78 is 78.4. The van der Waals surface area contributed by atoms with Crippen molar-refractivity contribution in [3.05, 3.63) is 41.6 Å². The summed E-state index contributed by atoms with van der Waals surface area (Å²) >= 11 is 0. The molecule has 4 amide bonds. The van der Waals surface area contributed by atoms with Gasteiger partial charge in [0, 0.05) is 17.7 Å². The molecule has 57 heavy (non-hydrogen) atoms. The predicted octanol–water partition coefficient (Wildman–Crippen LogP) is 5.05. The molecular weight excluding hydrogens is 765 g/mol. The molecule has 14 nitrogen and oxygen atoms in total. The summed E-state index contributed by atoms with van der Waals surface area (Å²) in [5.41, 5.74) is -4.27. The van der Waals surface area contributed by atoms with E-state index in [0.29, 0.717) is 49.8 Å². The van der Waals surface area contributed by atoms with Gasteiger partial charge >= 0.3 is 6.09 Å². The van der Waals surface area contributed by atoms with Gasteiger partial charge in [-0.15, -0.1) is 0 Å². The minimum Gasteiger partial charge on any atom is -0.497 e. The second-order valence-electron chi connectivity index (χ2n) is 17.6. The van der Waals surface area contributed by atoms with E-state index >= 15 is 8.78 Å². The number of hydrogen-bond donors (Lipinski definition) is 3. The number of carbonyl (C=O) groups excluding carboxylic acids is 4. The summed E-state index contributed by atoms with van der Waals surface area (Å²) in [5, 5.41) is 5.57. The molecule has 1 aromatic carbocycles. The summed E-state index contributed by atoms with van der Waals surface area (Å²) in [7, 11) is -2.66. The van der Waals surface area contributed by atoms with Crippen LogP contribution in [-0.2, 0) is 35.1 Å². The normalized spacial score (nSPS) is 30.0. The van der Waals surface area contributed by atoms with E-state index in [1.807, 2.05) is 6.08 Å². The highest BCUT2D eigenvalue weighted by molar-refractivity contribution is 7.91. The zero-order valence-corrected chi connectivity index (χ0v) is 33.9. The van der Waals surface area contributed by atoms with E-state index in [1.54, 1.807) is 45.9 Å². The highest BCUT2D eigenvalue weighted by Gasteiger charge is 2.65. The monoisotopic (exact) mass is 815 g/mol. The molecule has 1 aromatic heterocycles. The van der Waals surface area contributed by atoms with Gasteiger partial charge in [0.15, 0.2) is 5.75 Å². The lowest BCUT2D eigenvalue weighted by Gasteiger charge is -2.40. The number of nitrogens with one attached hydrogen (secondary N) is 3. The minimum absolute atomic E-state index is 0.0886. The van der Waals surface area contributed by atoms with Crippen LogP contribution in [0.15, 0.2) is 30.4 Å². The van der Waals surface area contributed by atoms with Gasteiger partial charge in [-0.3, -0.25) is 19.1 Å². The number of ether oxygens (including phenoxy) is 3. The van der Waals surface area contributed by atoms with E-state index in [2.05, 4.69) is 20.3 Å². The Morgan fingerprint density at radius 2 is 1.84 bits per heavy atom. The van der Waals surface area contributed by atoms with Crippen molar-refractivity contribution in [3.63, 3.8) is 0 Å². The number of benzene rings is 1. The first-order valence-electron chi connectivity index (χ1n) is 19.5. The molecule has 2 aromatic rings. The number of pyridine rings is 1. The van der Waals surface area contributed by atoms with Gasteiger partial charge in [-0.25, -0.2) is 27.0 Å². The van der Waals surface area contributed by atoms with Crippen LogP contribution >= 0.6 is 0 Å². The highest BCUT2D eigenvalue weighted by Crippen LogP contribution is 2.55. The lowest BCUT2D eigenvalue weighted by molar-refractivity contribution is -0.141. The van der Waals surface area contributed by atoms with E-state index in [4.69, 9.17) is 14.2 Å². The number of alkyl carbamates (subject to hydrolysis) is 1. The molecule has 3 N–H and O–H groups in total. The quantitative estimate of drug-likeness (QED) is 0.346. The Morgan fingerprint density at radius 3 is 2.53 bits per heavy atom. The molecule has 3 fully saturated rings. The minimum atomic E-state index is -4.08. The first-order chi connectivity index (χ1) is 26.6. The third-order valence-electron chi connectivity index (χ3n) is 11.8. The fourth-order valence-corrected chi connectivity index (χ4v) is 9.66. The number of fused-ring (bicyclic) bond motifs is 5. The van der Waals surface area contributed by atoms with Gasteiger partial charge in [0.1, 0.15) is 34.6 Å². The summed E-state index contributed by atoms with van der Waals surface area (Å²) in [5.74, 6) is -6.38. The third-order valence-corrected chi connectivity index (χ3v) is 14.0. The summed E-state index contributed by atoms with van der Waals surface area (Å²) in [6.45, 7) is 7.64. The van der Waals surface area contributed by atoms with Crippen LogP contribution < -0.4 is 24.8 Å². The van der Waals surface area contributed by atoms with Crippen LogP contribution in [0.2, 0.25) is 0 Å². The third kappa shape index (κ3) is 7.75. The smallest absolute Gasteiger partial charge is 0.408 e. The molecule has 0 bridgehead atoms. The van der Waals surface area contributed by atoms with E-state index in [9.17, 15) is 27.6 Å². The van der Waals surface area contributed by atoms with Crippen molar-refractivity contribution in [1.29, 1.82) is 0 Å². The molecule has 7 rings (SSSR count). The van der Waals surface area contributed by atoms with Gasteiger partial charge in [-0.2, -0.15) is 0 Å². The average Bonchev–Trinajstić information content (AvgIpc) is 4.00. The van der Waals surface area contributed by atoms with Crippen molar-refractivity contribution in [3.8, 4) is 11.5 Å². The van der Waals surface area contributed by atoms with Crippen LogP contribution in [0.3, 0.4) is 0 Å². The first kappa shape index (κ1) is 40.6. The van der Waals surface area contributed by atoms with Gasteiger partial charge in [0.05, 0.1) is 41.6 Å². The molecule has 3 aliphatic heterocycles. The number of methoxy groups -OCH3 is 1. The Labute approximate surface area is 330 Å². The van der Waals surface area contributed by atoms with Crippen LogP contribution in [0, 0.1) is 12.8 Å². The fourth-order valence-electron chi connectivity index (χ4n) is 8.34. The number of alkyl halides is 2. The summed E-state index contributed by atoms with van der Waals surface area (Å²) in [4.78, 5) is 62.0. The number of aryl methyl sites for hydroxylation is 1. The topological polar surface area (TPSA) is 182 Å². The molecule has 1 saturated heterocycles. The van der Waals surface area contributed by atoms with Crippen LogP contribution in [0.5, 0.6) is 11.5 Å². The van der Waals surface area contributed by atoms with Gasteiger partial charge in [0.25, 0.3) is 11.8 Å². The van der Waals surface area contributed by atoms with Crippen molar-refractivity contribution >= 4 is 44.7 Å². The number of amides is 4. The number of allylic oxidation sites excluding steroid dienone is 1. The maximum Gasteiger partial charge on any atom is 0.408 e. The Kier molecular flexibility index (Phi) is 10.0. The van der Waals surface area contributed by atoms with Crippen molar-refractivity contribution in [2.45, 2.75) is 138 Å². The number of nitrogens with zero attached hydrogens (tertiary/aromatic N) is 2. The van der Waals surface area contributed by atoms with Crippen LogP contribution in [0.25, 0.3) is 10.9 Å². The summed E-state index contributed by atoms with van der Waals surface area (Å²) in [6, 6.07) is 2.01. The molecule has 2 aliphatic carbocycles. The molecule has 0 radical (unpaired) electrons. The molecule has 5 atom stereocenters. The second-order valence-corrected chi connectivity index (χ2v) is 19.8. The molecule has 310 valence electrons. The Morgan fingerprint density at radius 1 is 1.11 bits per heavy atom. The largest absolute Gasteiger partial charge is 0.497 e. The van der Waals surface area contributed by atoms with E-state index in [-0.39, 0.29) is 35.2 Å². The van der Waals surface area contributed by atoms with Gasteiger partial charge in [-0.05, 0) is 91.3 Å². The summed E-state index contributed by atoms with van der Waals surface area (Å²) in [6.07, 6.45) is 5.01. The van der Waals surface area contributed by atoms with Crippen LogP contribution in [0.4, 0.5) is 13.6 Å². The molecular formula is C40H51F2N5O9S. The Bertz CT molecular complexity index is 2150. The highest BCUT2D eigenvalue weighted by atomic mass is 32.2. The molecule has 0 unspecified atom stereocenters. The molecule has 2 saturated carbocycles. The number of rotatable bonds is 5. The maximum absolute atomic E-state index is 16.8. The van der Waals surface area contributed by atoms with Gasteiger partial charge < -0.3 is 29.7 Å². The van der Waals surface area contributed by atoms with Gasteiger partial charge in [0.2, 0.25) is 21.8 Å². The van der Waals surface area contributed by atoms with E-state index in [1.165, 1.54) is 20.1 Å². The molecule has 17 heteroatoms. The fraction of sp³-hybridized carbons (Fsp3) is 0.625. The van der Waals surface area contributed by atoms with Crippen molar-refractivity contribution in [2.24, 2.45) is 5.92 Å². The average molecular weight is 816 g/mol. The van der Waals surface area contributed by atoms with Crippen LogP contribution in [-0.4, -0.2) is 89.3 Å². The van der Waals surface area contributed by atoms with E-state index < -0.39 is 98.6 Å². The maximum atomic E-state index is 16.8. The van der Waals surface area contributed by atoms with E-state index in [0.717, 1.165) is 4.90 Å². The van der Waals surface area contributed by atoms with Crippen molar-refractivity contribution in [2.75, 3.05) is 13.7 Å². The Balaban J connectivity index is 1.28. The van der Waals surface area contributed by atoms with Crippen molar-refractivity contribution < 1.29 is 50.6 Å². The predicted molar refractivity (Wildman–Crippen MR) is 204 cm³/mol. The zero-order chi connectivity index (χ0) is 41.3. The SMILES string of the molecule is COc1ccc2nc(C)c3c(c2c1)C(F)(F)C[C@]1(C[C@H]2C(=O)N[C@]4(C(=O)NS(=O)(=O)C5(C)CC5)C[C@H]4/C=C\CCCCC[C@H](NC(=O)OC(C)(C)C)C(=O)N2C1)O3. The first-order valence-corrected chi connectivity index (χ1v) is 21.0. The number of hydrogen-bond acceptors (Lipinski definition) is 10. The second kappa shape index (κ2) is 14.1. The Hall–Kier alpha value is -4.54. The van der Waals surface area contributed by atoms with Gasteiger partial charge in [-0.1, -0.05) is 25.0 Å². The van der Waals surface area contributed by atoms with Crippen LogP contribution in [0.1, 0.15) is 103 Å². The number of aromatic nitrogens is 1. The molecule has 5 aliphatic rings. The number of carbonyl (C=O) groups is 4. The number of halogens is 2.